The topological polar surface area (TPSA) is 83.4 Å². The van der Waals surface area contributed by atoms with Gasteiger partial charge in [0.25, 0.3) is 0 Å². The van der Waals surface area contributed by atoms with E-state index < -0.39 is 7.75 Å². The van der Waals surface area contributed by atoms with Crippen molar-refractivity contribution in [1.29, 1.82) is 0 Å². The Morgan fingerprint density at radius 1 is 1.23 bits per heavy atom. The van der Waals surface area contributed by atoms with E-state index in [2.05, 4.69) is 23.9 Å². The first-order valence-corrected chi connectivity index (χ1v) is 5.00. The van der Waals surface area contributed by atoms with Gasteiger partial charge in [0, 0.05) is 0 Å². The van der Waals surface area contributed by atoms with Crippen molar-refractivity contribution in [2.45, 2.75) is 13.8 Å². The number of carbonyl (C=O) groups excluding carboxylic acids is 1. The van der Waals surface area contributed by atoms with Gasteiger partial charge >= 0.3 is 7.75 Å². The number of isocyanates is 1. The lowest BCUT2D eigenvalue weighted by atomic mass is 10.9. The molecule has 7 nitrogen and oxygen atoms in total. The van der Waals surface area contributed by atoms with Crippen LogP contribution < -0.4 is 0 Å². The highest BCUT2D eigenvalue weighted by Gasteiger charge is 2.27. The summed E-state index contributed by atoms with van der Waals surface area (Å²) in [6.45, 7) is 3.45. The first-order chi connectivity index (χ1) is 6.18. The van der Waals surface area contributed by atoms with E-state index in [9.17, 15) is 9.36 Å². The summed E-state index contributed by atoms with van der Waals surface area (Å²) >= 11 is 0. The zero-order valence-electron chi connectivity index (χ0n) is 7.26. The smallest absolute Gasteiger partial charge is 0.227 e. The highest BCUT2D eigenvalue weighted by molar-refractivity contribution is 7.52. The van der Waals surface area contributed by atoms with Gasteiger partial charge < -0.3 is 0 Å². The van der Waals surface area contributed by atoms with Gasteiger partial charge in [0.05, 0.1) is 13.2 Å². The summed E-state index contributed by atoms with van der Waals surface area (Å²) in [5, 5.41) is 0. The average molecular weight is 211 g/mol. The van der Waals surface area contributed by atoms with Crippen LogP contribution in [0.15, 0.2) is 4.76 Å². The Kier molecular flexibility index (Phi) is 6.62. The molecular formula is C5H10NO6P. The standard InChI is InChI=1S/C5H10NO6P/c1-3-9-11-13(8,6-5-7)12-10-4-2/h3-4H2,1-2H3. The largest absolute Gasteiger partial charge is 0.518 e. The molecule has 0 spiro atoms. The van der Waals surface area contributed by atoms with Crippen molar-refractivity contribution in [2.24, 2.45) is 4.76 Å². The maximum absolute atomic E-state index is 11.2. The van der Waals surface area contributed by atoms with Crippen molar-refractivity contribution in [3.8, 4) is 0 Å². The maximum Gasteiger partial charge on any atom is 0.518 e. The molecule has 0 radical (unpaired) electrons. The summed E-state index contributed by atoms with van der Waals surface area (Å²) in [6, 6.07) is 0. The second-order valence-corrected chi connectivity index (χ2v) is 3.06. The molecule has 0 fully saturated rings. The van der Waals surface area contributed by atoms with Gasteiger partial charge in [-0.05, 0) is 13.8 Å². The van der Waals surface area contributed by atoms with Gasteiger partial charge in [0.15, 0.2) is 0 Å². The molecule has 0 aromatic rings. The summed E-state index contributed by atoms with van der Waals surface area (Å²) in [6.07, 6.45) is 1.03. The zero-order chi connectivity index (χ0) is 10.2. The van der Waals surface area contributed by atoms with Crippen LogP contribution in [-0.4, -0.2) is 19.3 Å². The van der Waals surface area contributed by atoms with Gasteiger partial charge in [0.2, 0.25) is 6.08 Å². The van der Waals surface area contributed by atoms with Crippen LogP contribution in [0.1, 0.15) is 13.8 Å². The molecule has 0 saturated heterocycles. The molecule has 8 heteroatoms. The molecule has 0 N–H and O–H groups in total. The predicted molar refractivity (Wildman–Crippen MR) is 41.2 cm³/mol. The van der Waals surface area contributed by atoms with Crippen LogP contribution in [0.2, 0.25) is 0 Å². The number of nitrogens with zero attached hydrogens (tertiary/aromatic N) is 1. The van der Waals surface area contributed by atoms with Crippen LogP contribution in [0.4, 0.5) is 0 Å². The molecule has 0 aromatic heterocycles. The number of hydrogen-bond donors (Lipinski definition) is 0. The second-order valence-electron chi connectivity index (χ2n) is 1.62. The van der Waals surface area contributed by atoms with Crippen molar-refractivity contribution in [3.63, 3.8) is 0 Å². The van der Waals surface area contributed by atoms with Crippen LogP contribution in [0, 0.1) is 0 Å². The fourth-order valence-electron chi connectivity index (χ4n) is 0.334. The van der Waals surface area contributed by atoms with Crippen molar-refractivity contribution in [2.75, 3.05) is 13.2 Å². The van der Waals surface area contributed by atoms with Crippen LogP contribution in [0.3, 0.4) is 0 Å². The molecule has 0 aromatic carbocycles. The number of hydrogen-bond acceptors (Lipinski definition) is 6. The predicted octanol–water partition coefficient (Wildman–Crippen LogP) is 1.37. The van der Waals surface area contributed by atoms with Crippen molar-refractivity contribution in [3.05, 3.63) is 0 Å². The summed E-state index contributed by atoms with van der Waals surface area (Å²) < 4.78 is 22.4. The molecule has 0 saturated carbocycles. The average Bonchev–Trinajstić information content (AvgIpc) is 2.12. The molecule has 13 heavy (non-hydrogen) atoms. The maximum atomic E-state index is 11.2. The third kappa shape index (κ3) is 5.65. The van der Waals surface area contributed by atoms with Gasteiger partial charge in [-0.25, -0.2) is 19.1 Å². The normalized spacial score (nSPS) is 10.9. The lowest BCUT2D eigenvalue weighted by Crippen LogP contribution is -1.96. The van der Waals surface area contributed by atoms with Gasteiger partial charge in [-0.3, -0.25) is 0 Å². The second kappa shape index (κ2) is 6.91. The molecule has 76 valence electrons. The van der Waals surface area contributed by atoms with E-state index >= 15 is 0 Å². The SMILES string of the molecule is CCOOP(=O)(N=C=O)OOCC. The molecular weight excluding hydrogens is 201 g/mol. The minimum absolute atomic E-state index is 0.133. The molecule has 0 amide bonds. The molecule has 0 bridgehead atoms. The summed E-state index contributed by atoms with van der Waals surface area (Å²) in [7, 11) is -4.00. The Morgan fingerprint density at radius 2 is 1.69 bits per heavy atom. The third-order valence-electron chi connectivity index (χ3n) is 0.693. The lowest BCUT2D eigenvalue weighted by Gasteiger charge is -2.07. The fourth-order valence-corrected chi connectivity index (χ4v) is 1.00. The van der Waals surface area contributed by atoms with Gasteiger partial charge in [-0.1, -0.05) is 4.76 Å². The van der Waals surface area contributed by atoms with E-state index in [4.69, 9.17) is 0 Å². The van der Waals surface area contributed by atoms with Crippen molar-refractivity contribution < 1.29 is 28.5 Å². The van der Waals surface area contributed by atoms with E-state index in [1.165, 1.54) is 0 Å². The third-order valence-corrected chi connectivity index (χ3v) is 1.61. The van der Waals surface area contributed by atoms with E-state index in [0.717, 1.165) is 6.08 Å². The Labute approximate surface area is 75.1 Å². The molecule has 0 unspecified atom stereocenters. The Bertz CT molecular complexity index is 213. The van der Waals surface area contributed by atoms with E-state index in [1.54, 1.807) is 13.8 Å². The quantitative estimate of drug-likeness (QED) is 0.208. The molecule has 0 atom stereocenters. The summed E-state index contributed by atoms with van der Waals surface area (Å²) in [5.41, 5.74) is 0. The monoisotopic (exact) mass is 211 g/mol. The molecule has 0 aliphatic carbocycles. The first kappa shape index (κ1) is 12.4. The van der Waals surface area contributed by atoms with E-state index in [-0.39, 0.29) is 13.2 Å². The molecule has 0 aliphatic heterocycles. The minimum Gasteiger partial charge on any atom is -0.227 e. The van der Waals surface area contributed by atoms with Crippen LogP contribution in [0.5, 0.6) is 0 Å². The highest BCUT2D eigenvalue weighted by atomic mass is 31.2. The van der Waals surface area contributed by atoms with Crippen molar-refractivity contribution in [1.82, 2.24) is 0 Å². The Morgan fingerprint density at radius 3 is 2.00 bits per heavy atom. The molecule has 0 heterocycles. The summed E-state index contributed by atoms with van der Waals surface area (Å²) in [5.74, 6) is 0. The summed E-state index contributed by atoms with van der Waals surface area (Å²) in [4.78, 5) is 18.4. The fraction of sp³-hybridized carbons (Fsp3) is 0.800. The van der Waals surface area contributed by atoms with Crippen molar-refractivity contribution >= 4 is 13.8 Å². The van der Waals surface area contributed by atoms with Crippen LogP contribution in [-0.2, 0) is 28.5 Å². The Hall–Kier alpha value is -0.550. The number of rotatable bonds is 7. The lowest BCUT2D eigenvalue weighted by molar-refractivity contribution is -0.263. The van der Waals surface area contributed by atoms with Gasteiger partial charge in [-0.15, -0.1) is 9.35 Å². The first-order valence-electron chi connectivity index (χ1n) is 3.50. The van der Waals surface area contributed by atoms with Crippen LogP contribution >= 0.6 is 7.75 Å². The van der Waals surface area contributed by atoms with E-state index in [1.807, 2.05) is 0 Å². The minimum atomic E-state index is -4.00. The highest BCUT2D eigenvalue weighted by Crippen LogP contribution is 2.49. The zero-order valence-corrected chi connectivity index (χ0v) is 8.15. The van der Waals surface area contributed by atoms with E-state index in [0.29, 0.717) is 0 Å². The molecule has 0 rings (SSSR count). The van der Waals surface area contributed by atoms with Crippen LogP contribution in [0.25, 0.3) is 0 Å². The van der Waals surface area contributed by atoms with Gasteiger partial charge in [0.1, 0.15) is 0 Å². The van der Waals surface area contributed by atoms with Gasteiger partial charge in [-0.2, -0.15) is 0 Å². The molecule has 0 aliphatic rings. The Balaban J connectivity index is 4.16.